The standard InChI is InChI=1S/C23H30N4O3.HI/c1-2-25-23(26-13-18-6-5-8-20(12-18)29-16-22(24)28)27-14-19-7-3-4-9-21(19)30-15-17-10-11-17;/h3-9,12,17H,2,10-11,13-16H2,1H3,(H2,24,28)(H2,25,26,27);1H. The molecule has 1 amide bonds. The number of hydrogen-bond donors (Lipinski definition) is 3. The van der Waals surface area contributed by atoms with E-state index >= 15 is 0 Å². The van der Waals surface area contributed by atoms with E-state index in [9.17, 15) is 4.79 Å². The van der Waals surface area contributed by atoms with E-state index in [-0.39, 0.29) is 30.6 Å². The van der Waals surface area contributed by atoms with Crippen molar-refractivity contribution >= 4 is 35.8 Å². The van der Waals surface area contributed by atoms with Crippen LogP contribution in [0, 0.1) is 5.92 Å². The van der Waals surface area contributed by atoms with E-state index in [2.05, 4.69) is 21.7 Å². The van der Waals surface area contributed by atoms with Gasteiger partial charge in [0.15, 0.2) is 12.6 Å². The minimum Gasteiger partial charge on any atom is -0.493 e. The fourth-order valence-corrected chi connectivity index (χ4v) is 2.86. The number of guanidine groups is 1. The van der Waals surface area contributed by atoms with Crippen LogP contribution in [0.1, 0.15) is 30.9 Å². The third-order valence-electron chi connectivity index (χ3n) is 4.63. The van der Waals surface area contributed by atoms with Gasteiger partial charge in [-0.1, -0.05) is 30.3 Å². The minimum atomic E-state index is -0.501. The van der Waals surface area contributed by atoms with E-state index in [1.54, 1.807) is 6.07 Å². The van der Waals surface area contributed by atoms with Gasteiger partial charge in [0.1, 0.15) is 11.5 Å². The topological polar surface area (TPSA) is 98.0 Å². The Labute approximate surface area is 200 Å². The maximum absolute atomic E-state index is 10.9. The Bertz CT molecular complexity index is 871. The third kappa shape index (κ3) is 9.04. The number of hydrogen-bond acceptors (Lipinski definition) is 4. The van der Waals surface area contributed by atoms with Gasteiger partial charge in [-0.05, 0) is 49.4 Å². The van der Waals surface area contributed by atoms with Crippen LogP contribution in [0.2, 0.25) is 0 Å². The molecule has 0 bridgehead atoms. The number of nitrogens with two attached hydrogens (primary N) is 1. The summed E-state index contributed by atoms with van der Waals surface area (Å²) in [6, 6.07) is 15.6. The lowest BCUT2D eigenvalue weighted by atomic mass is 10.2. The molecule has 0 radical (unpaired) electrons. The van der Waals surface area contributed by atoms with E-state index < -0.39 is 5.91 Å². The van der Waals surface area contributed by atoms with Crippen molar-refractivity contribution in [2.75, 3.05) is 19.8 Å². The zero-order valence-corrected chi connectivity index (χ0v) is 20.1. The molecule has 168 valence electrons. The fourth-order valence-electron chi connectivity index (χ4n) is 2.86. The van der Waals surface area contributed by atoms with Crippen LogP contribution in [0.4, 0.5) is 0 Å². The summed E-state index contributed by atoms with van der Waals surface area (Å²) in [6.45, 7) is 4.53. The van der Waals surface area contributed by atoms with Crippen molar-refractivity contribution in [1.29, 1.82) is 0 Å². The number of rotatable bonds is 11. The highest BCUT2D eigenvalue weighted by molar-refractivity contribution is 14.0. The Morgan fingerprint density at radius 3 is 2.68 bits per heavy atom. The normalized spacial score (nSPS) is 13.1. The Morgan fingerprint density at radius 2 is 1.94 bits per heavy atom. The fraction of sp³-hybridized carbons (Fsp3) is 0.391. The number of benzene rings is 2. The predicted octanol–water partition coefficient (Wildman–Crippen LogP) is 3.21. The lowest BCUT2D eigenvalue weighted by Gasteiger charge is -2.14. The van der Waals surface area contributed by atoms with Crippen LogP contribution in [-0.2, 0) is 17.9 Å². The largest absolute Gasteiger partial charge is 0.493 e. The molecule has 8 heteroatoms. The Kier molecular flexibility index (Phi) is 10.4. The molecule has 0 unspecified atom stereocenters. The van der Waals surface area contributed by atoms with E-state index in [0.29, 0.717) is 24.8 Å². The number of para-hydroxylation sites is 1. The van der Waals surface area contributed by atoms with Crippen LogP contribution in [0.25, 0.3) is 0 Å². The van der Waals surface area contributed by atoms with Crippen LogP contribution < -0.4 is 25.8 Å². The van der Waals surface area contributed by atoms with Gasteiger partial charge in [0.25, 0.3) is 5.91 Å². The molecule has 0 saturated heterocycles. The molecule has 1 fully saturated rings. The molecule has 2 aromatic carbocycles. The molecule has 0 aromatic heterocycles. The van der Waals surface area contributed by atoms with E-state index in [0.717, 1.165) is 36.0 Å². The van der Waals surface area contributed by atoms with Gasteiger partial charge < -0.3 is 25.8 Å². The molecule has 31 heavy (non-hydrogen) atoms. The molecule has 0 spiro atoms. The van der Waals surface area contributed by atoms with Crippen molar-refractivity contribution in [3.63, 3.8) is 0 Å². The number of aliphatic imine (C=N–C) groups is 1. The van der Waals surface area contributed by atoms with Crippen molar-refractivity contribution in [2.45, 2.75) is 32.9 Å². The number of nitrogens with one attached hydrogen (secondary N) is 2. The second-order valence-electron chi connectivity index (χ2n) is 7.31. The van der Waals surface area contributed by atoms with Gasteiger partial charge in [-0.3, -0.25) is 4.79 Å². The second-order valence-corrected chi connectivity index (χ2v) is 7.31. The zero-order valence-electron chi connectivity index (χ0n) is 17.8. The predicted molar refractivity (Wildman–Crippen MR) is 133 cm³/mol. The molecule has 4 N–H and O–H groups in total. The summed E-state index contributed by atoms with van der Waals surface area (Å²) in [4.78, 5) is 15.5. The molecule has 0 heterocycles. The quantitative estimate of drug-likeness (QED) is 0.232. The summed E-state index contributed by atoms with van der Waals surface area (Å²) in [6.07, 6.45) is 2.54. The van der Waals surface area contributed by atoms with Crippen LogP contribution in [0.15, 0.2) is 53.5 Å². The van der Waals surface area contributed by atoms with Gasteiger partial charge in [0.05, 0.1) is 13.2 Å². The summed E-state index contributed by atoms with van der Waals surface area (Å²) < 4.78 is 11.3. The van der Waals surface area contributed by atoms with Crippen molar-refractivity contribution < 1.29 is 14.3 Å². The zero-order chi connectivity index (χ0) is 21.2. The molecule has 1 aliphatic carbocycles. The van der Waals surface area contributed by atoms with Crippen molar-refractivity contribution in [3.8, 4) is 11.5 Å². The number of primary amides is 1. The number of ether oxygens (including phenoxy) is 2. The first kappa shape index (κ1) is 24.8. The van der Waals surface area contributed by atoms with Gasteiger partial charge in [-0.2, -0.15) is 0 Å². The Morgan fingerprint density at radius 1 is 1.13 bits per heavy atom. The summed E-state index contributed by atoms with van der Waals surface area (Å²) >= 11 is 0. The van der Waals surface area contributed by atoms with Crippen LogP contribution in [0.5, 0.6) is 11.5 Å². The van der Waals surface area contributed by atoms with Crippen molar-refractivity contribution in [2.24, 2.45) is 16.6 Å². The van der Waals surface area contributed by atoms with Crippen LogP contribution in [-0.4, -0.2) is 31.6 Å². The lowest BCUT2D eigenvalue weighted by molar-refractivity contribution is -0.119. The number of halogens is 1. The van der Waals surface area contributed by atoms with Crippen molar-refractivity contribution in [3.05, 3.63) is 59.7 Å². The van der Waals surface area contributed by atoms with Gasteiger partial charge in [0.2, 0.25) is 0 Å². The molecular weight excluding hydrogens is 507 g/mol. The molecule has 2 aromatic rings. The average Bonchev–Trinajstić information content (AvgIpc) is 3.58. The number of amides is 1. The maximum atomic E-state index is 10.9. The molecular formula is C23H31IN4O3. The summed E-state index contributed by atoms with van der Waals surface area (Å²) in [5, 5.41) is 6.64. The molecule has 1 aliphatic rings. The minimum absolute atomic E-state index is 0. The van der Waals surface area contributed by atoms with Crippen molar-refractivity contribution in [1.82, 2.24) is 10.6 Å². The van der Waals surface area contributed by atoms with Crippen LogP contribution >= 0.6 is 24.0 Å². The van der Waals surface area contributed by atoms with Gasteiger partial charge in [-0.15, -0.1) is 24.0 Å². The third-order valence-corrected chi connectivity index (χ3v) is 4.63. The maximum Gasteiger partial charge on any atom is 0.255 e. The van der Waals surface area contributed by atoms with Gasteiger partial charge in [-0.25, -0.2) is 4.99 Å². The summed E-state index contributed by atoms with van der Waals surface area (Å²) in [5.41, 5.74) is 7.20. The highest BCUT2D eigenvalue weighted by Gasteiger charge is 2.22. The SMILES string of the molecule is CCNC(=NCc1cccc(OCC(N)=O)c1)NCc1ccccc1OCC1CC1.I. The van der Waals surface area contributed by atoms with Gasteiger partial charge in [0, 0.05) is 18.7 Å². The Hall–Kier alpha value is -2.49. The second kappa shape index (κ2) is 13.0. The highest BCUT2D eigenvalue weighted by Crippen LogP contribution is 2.30. The Balaban J connectivity index is 0.00000341. The van der Waals surface area contributed by atoms with E-state index in [1.165, 1.54) is 12.8 Å². The summed E-state index contributed by atoms with van der Waals surface area (Å²) in [7, 11) is 0. The van der Waals surface area contributed by atoms with Gasteiger partial charge >= 0.3 is 0 Å². The number of carbonyl (C=O) groups excluding carboxylic acids is 1. The molecule has 3 rings (SSSR count). The molecule has 1 saturated carbocycles. The number of carbonyl (C=O) groups is 1. The first-order valence-corrected chi connectivity index (χ1v) is 10.4. The van der Waals surface area contributed by atoms with E-state index in [1.807, 2.05) is 43.3 Å². The molecule has 7 nitrogen and oxygen atoms in total. The first-order chi connectivity index (χ1) is 14.6. The molecule has 0 aliphatic heterocycles. The van der Waals surface area contributed by atoms with Crippen LogP contribution in [0.3, 0.4) is 0 Å². The van der Waals surface area contributed by atoms with E-state index in [4.69, 9.17) is 15.2 Å². The average molecular weight is 538 g/mol. The highest BCUT2D eigenvalue weighted by atomic mass is 127. The first-order valence-electron chi connectivity index (χ1n) is 10.4. The lowest BCUT2D eigenvalue weighted by Crippen LogP contribution is -2.36. The molecule has 0 atom stereocenters. The smallest absolute Gasteiger partial charge is 0.255 e. The summed E-state index contributed by atoms with van der Waals surface area (Å²) in [5.74, 6) is 2.46. The number of nitrogens with zero attached hydrogens (tertiary/aromatic N) is 1. The monoisotopic (exact) mass is 538 g/mol.